The Morgan fingerprint density at radius 2 is 1.94 bits per heavy atom. The molecule has 1 aromatic heterocycles. The van der Waals surface area contributed by atoms with Crippen molar-refractivity contribution >= 4 is 17.3 Å². The average molecular weight is 240 g/mol. The van der Waals surface area contributed by atoms with Crippen LogP contribution in [0, 0.1) is 0 Å². The molecule has 3 nitrogen and oxygen atoms in total. The Morgan fingerprint density at radius 1 is 1.25 bits per heavy atom. The summed E-state index contributed by atoms with van der Waals surface area (Å²) in [6, 6.07) is 4.60. The van der Waals surface area contributed by atoms with Crippen LogP contribution in [0.25, 0.3) is 0 Å². The van der Waals surface area contributed by atoms with E-state index in [1.807, 2.05) is 12.1 Å². The molecule has 0 unspecified atom stereocenters. The summed E-state index contributed by atoms with van der Waals surface area (Å²) in [7, 11) is 0. The normalized spacial score (nSPS) is 18.1. The van der Waals surface area contributed by atoms with Crippen LogP contribution in [0.15, 0.2) is 18.3 Å². The van der Waals surface area contributed by atoms with Crippen molar-refractivity contribution in [3.05, 3.63) is 23.5 Å². The van der Waals surface area contributed by atoms with Gasteiger partial charge >= 0.3 is 0 Å². The van der Waals surface area contributed by atoms with Crippen LogP contribution in [-0.2, 0) is 0 Å². The molecule has 0 aromatic carbocycles. The first-order valence-electron chi connectivity index (χ1n) is 5.77. The van der Waals surface area contributed by atoms with Gasteiger partial charge in [-0.3, -0.25) is 4.90 Å². The van der Waals surface area contributed by atoms with Crippen LogP contribution in [-0.4, -0.2) is 42.1 Å². The van der Waals surface area contributed by atoms with E-state index in [-0.39, 0.29) is 0 Å². The SMILES string of the molecule is CC(C)N1CCN(c2ccnc(Cl)c2)CC1. The summed E-state index contributed by atoms with van der Waals surface area (Å²) < 4.78 is 0. The van der Waals surface area contributed by atoms with Crippen molar-refractivity contribution < 1.29 is 0 Å². The molecule has 16 heavy (non-hydrogen) atoms. The predicted octanol–water partition coefficient (Wildman–Crippen LogP) is 2.27. The third-order valence-corrected chi connectivity index (χ3v) is 3.33. The second-order valence-corrected chi connectivity index (χ2v) is 4.84. The van der Waals surface area contributed by atoms with Gasteiger partial charge in [0.15, 0.2) is 0 Å². The number of anilines is 1. The van der Waals surface area contributed by atoms with E-state index in [9.17, 15) is 0 Å². The van der Waals surface area contributed by atoms with Gasteiger partial charge in [0.1, 0.15) is 5.15 Å². The highest BCUT2D eigenvalue weighted by atomic mass is 35.5. The van der Waals surface area contributed by atoms with Gasteiger partial charge in [0.25, 0.3) is 0 Å². The molecule has 2 rings (SSSR count). The monoisotopic (exact) mass is 239 g/mol. The third kappa shape index (κ3) is 2.66. The lowest BCUT2D eigenvalue weighted by atomic mass is 10.2. The number of hydrogen-bond acceptors (Lipinski definition) is 3. The van der Waals surface area contributed by atoms with E-state index >= 15 is 0 Å². The number of rotatable bonds is 2. The van der Waals surface area contributed by atoms with Gasteiger partial charge in [-0.15, -0.1) is 0 Å². The predicted molar refractivity (Wildman–Crippen MR) is 68.2 cm³/mol. The molecule has 4 heteroatoms. The maximum atomic E-state index is 5.89. The Balaban J connectivity index is 1.99. The Hall–Kier alpha value is -0.800. The number of aromatic nitrogens is 1. The molecule has 0 amide bonds. The van der Waals surface area contributed by atoms with Gasteiger partial charge in [0, 0.05) is 44.1 Å². The summed E-state index contributed by atoms with van der Waals surface area (Å²) in [5, 5.41) is 0.573. The quantitative estimate of drug-likeness (QED) is 0.739. The Morgan fingerprint density at radius 3 is 2.50 bits per heavy atom. The molecule has 0 radical (unpaired) electrons. The summed E-state index contributed by atoms with van der Waals surface area (Å²) >= 11 is 5.89. The summed E-state index contributed by atoms with van der Waals surface area (Å²) in [5.74, 6) is 0. The van der Waals surface area contributed by atoms with Gasteiger partial charge in [-0.1, -0.05) is 11.6 Å². The number of halogens is 1. The number of nitrogens with zero attached hydrogens (tertiary/aromatic N) is 3. The summed E-state index contributed by atoms with van der Waals surface area (Å²) in [4.78, 5) is 8.87. The molecule has 1 aromatic rings. The fourth-order valence-corrected chi connectivity index (χ4v) is 2.25. The summed E-state index contributed by atoms with van der Waals surface area (Å²) in [5.41, 5.74) is 1.18. The molecule has 1 aliphatic heterocycles. The van der Waals surface area contributed by atoms with Crippen molar-refractivity contribution in [3.8, 4) is 0 Å². The van der Waals surface area contributed by atoms with Gasteiger partial charge in [-0.2, -0.15) is 0 Å². The van der Waals surface area contributed by atoms with Crippen LogP contribution in [0.1, 0.15) is 13.8 Å². The van der Waals surface area contributed by atoms with Crippen molar-refractivity contribution in [2.45, 2.75) is 19.9 Å². The second-order valence-electron chi connectivity index (χ2n) is 4.45. The maximum Gasteiger partial charge on any atom is 0.131 e. The van der Waals surface area contributed by atoms with E-state index in [4.69, 9.17) is 11.6 Å². The highest BCUT2D eigenvalue weighted by molar-refractivity contribution is 6.29. The molecule has 0 aliphatic carbocycles. The standard InChI is InChI=1S/C12H18ClN3/c1-10(2)15-5-7-16(8-6-15)11-3-4-14-12(13)9-11/h3-4,9-10H,5-8H2,1-2H3. The molecule has 0 atom stereocenters. The second kappa shape index (κ2) is 5.02. The highest BCUT2D eigenvalue weighted by Gasteiger charge is 2.18. The zero-order chi connectivity index (χ0) is 11.5. The first-order valence-corrected chi connectivity index (χ1v) is 6.15. The molecule has 1 aliphatic rings. The van der Waals surface area contributed by atoms with Crippen LogP contribution >= 0.6 is 11.6 Å². The summed E-state index contributed by atoms with van der Waals surface area (Å²) in [6.45, 7) is 8.88. The number of hydrogen-bond donors (Lipinski definition) is 0. The molecule has 2 heterocycles. The molecular formula is C12H18ClN3. The largest absolute Gasteiger partial charge is 0.369 e. The first kappa shape index (κ1) is 11.7. The van der Waals surface area contributed by atoms with Gasteiger partial charge < -0.3 is 4.90 Å². The van der Waals surface area contributed by atoms with Crippen LogP contribution in [0.2, 0.25) is 5.15 Å². The fraction of sp³-hybridized carbons (Fsp3) is 0.583. The topological polar surface area (TPSA) is 19.4 Å². The third-order valence-electron chi connectivity index (χ3n) is 3.12. The smallest absolute Gasteiger partial charge is 0.131 e. The van der Waals surface area contributed by atoms with Crippen LogP contribution < -0.4 is 4.90 Å². The van der Waals surface area contributed by atoms with Crippen LogP contribution in [0.3, 0.4) is 0 Å². The Labute approximate surface area is 102 Å². The van der Waals surface area contributed by atoms with E-state index in [1.54, 1.807) is 6.20 Å². The molecule has 1 fully saturated rings. The molecule has 0 saturated carbocycles. The van der Waals surface area contributed by atoms with Crippen molar-refractivity contribution in [2.75, 3.05) is 31.1 Å². The average Bonchev–Trinajstić information content (AvgIpc) is 2.29. The van der Waals surface area contributed by atoms with Gasteiger partial charge in [-0.05, 0) is 26.0 Å². The fourth-order valence-electron chi connectivity index (χ4n) is 2.09. The minimum Gasteiger partial charge on any atom is -0.369 e. The molecule has 0 spiro atoms. The van der Waals surface area contributed by atoms with E-state index in [1.165, 1.54) is 5.69 Å². The number of pyridine rings is 1. The van der Waals surface area contributed by atoms with Crippen molar-refractivity contribution in [1.29, 1.82) is 0 Å². The minimum atomic E-state index is 0.573. The van der Waals surface area contributed by atoms with E-state index in [0.717, 1.165) is 26.2 Å². The van der Waals surface area contributed by atoms with Crippen molar-refractivity contribution in [1.82, 2.24) is 9.88 Å². The zero-order valence-electron chi connectivity index (χ0n) is 9.86. The first-order chi connectivity index (χ1) is 7.66. The van der Waals surface area contributed by atoms with Crippen molar-refractivity contribution in [2.24, 2.45) is 0 Å². The lowest BCUT2D eigenvalue weighted by molar-refractivity contribution is 0.209. The van der Waals surface area contributed by atoms with Crippen LogP contribution in [0.5, 0.6) is 0 Å². The van der Waals surface area contributed by atoms with Gasteiger partial charge in [-0.25, -0.2) is 4.98 Å². The lowest BCUT2D eigenvalue weighted by Gasteiger charge is -2.38. The Kier molecular flexibility index (Phi) is 3.66. The van der Waals surface area contributed by atoms with E-state index in [0.29, 0.717) is 11.2 Å². The maximum absolute atomic E-state index is 5.89. The molecule has 0 N–H and O–H groups in total. The van der Waals surface area contributed by atoms with E-state index in [2.05, 4.69) is 28.6 Å². The Bertz CT molecular complexity index is 346. The van der Waals surface area contributed by atoms with Gasteiger partial charge in [0.2, 0.25) is 0 Å². The van der Waals surface area contributed by atoms with Crippen LogP contribution in [0.4, 0.5) is 5.69 Å². The number of piperazine rings is 1. The lowest BCUT2D eigenvalue weighted by Crippen LogP contribution is -2.48. The molecule has 1 saturated heterocycles. The molecular weight excluding hydrogens is 222 g/mol. The minimum absolute atomic E-state index is 0.573. The molecule has 88 valence electrons. The van der Waals surface area contributed by atoms with Crippen molar-refractivity contribution in [3.63, 3.8) is 0 Å². The van der Waals surface area contributed by atoms with Gasteiger partial charge in [0.05, 0.1) is 0 Å². The molecule has 0 bridgehead atoms. The van der Waals surface area contributed by atoms with E-state index < -0.39 is 0 Å². The summed E-state index contributed by atoms with van der Waals surface area (Å²) in [6.07, 6.45) is 1.77. The highest BCUT2D eigenvalue weighted by Crippen LogP contribution is 2.19. The zero-order valence-corrected chi connectivity index (χ0v) is 10.6.